The van der Waals surface area contributed by atoms with Gasteiger partial charge in [-0.1, -0.05) is 146 Å². The topological polar surface area (TPSA) is 116 Å². The van der Waals surface area contributed by atoms with E-state index < -0.39 is 47.4 Å². The third-order valence-electron chi connectivity index (χ3n) is 10.6. The predicted molar refractivity (Wildman–Crippen MR) is 219 cm³/mol. The Bertz CT molecular complexity index is 1800. The number of nitrogens with one attached hydrogen (secondary N) is 1. The van der Waals surface area contributed by atoms with Crippen molar-refractivity contribution < 1.29 is 28.7 Å². The second kappa shape index (κ2) is 18.6. The summed E-state index contributed by atoms with van der Waals surface area (Å²) in [6, 6.07) is 21.8. The van der Waals surface area contributed by atoms with Gasteiger partial charge in [0, 0.05) is 49.9 Å². The third-order valence-corrected chi connectivity index (χ3v) is 11.6. The molecule has 3 aromatic carbocycles. The van der Waals surface area contributed by atoms with E-state index in [0.717, 1.165) is 18.4 Å². The summed E-state index contributed by atoms with van der Waals surface area (Å²) < 4.78 is 6.81. The highest BCUT2D eigenvalue weighted by Crippen LogP contribution is 2.44. The standard InChI is InChI=1S/C42H52ClIN4O6/c1-8-29(3)37(48(7)40(53)41(24-14-15-25-41)45-35(49)27-44)39(52)47(6)34(38(51)46(4)5)26-36(50)54-42(30-16-10-9-11-17-30,31-22-20-28(2)21-23-31)32-18-12-13-19-33(32)43/h9-13,16-23,29,34,37H,8,14-15,24-27H2,1-7H3,(H,45,49)/t29-,34-,37-,42?/m0/s1. The lowest BCUT2D eigenvalue weighted by molar-refractivity contribution is -0.160. The van der Waals surface area contributed by atoms with Gasteiger partial charge in [0.05, 0.1) is 10.8 Å². The van der Waals surface area contributed by atoms with Crippen molar-refractivity contribution in [3.63, 3.8) is 0 Å². The van der Waals surface area contributed by atoms with Gasteiger partial charge >= 0.3 is 5.97 Å². The second-order valence-corrected chi connectivity index (χ2v) is 15.7. The van der Waals surface area contributed by atoms with E-state index in [4.69, 9.17) is 16.3 Å². The van der Waals surface area contributed by atoms with E-state index in [9.17, 15) is 24.0 Å². The van der Waals surface area contributed by atoms with Crippen LogP contribution in [0.4, 0.5) is 0 Å². The number of benzene rings is 3. The molecule has 1 unspecified atom stereocenters. The van der Waals surface area contributed by atoms with Crippen LogP contribution in [0.15, 0.2) is 78.9 Å². The van der Waals surface area contributed by atoms with Gasteiger partial charge in [-0.2, -0.15) is 0 Å². The highest BCUT2D eigenvalue weighted by atomic mass is 127. The van der Waals surface area contributed by atoms with Gasteiger partial charge in [-0.25, -0.2) is 0 Å². The van der Waals surface area contributed by atoms with Gasteiger partial charge < -0.3 is 24.8 Å². The normalized spacial score (nSPS) is 16.2. The summed E-state index contributed by atoms with van der Waals surface area (Å²) in [5.74, 6) is -2.63. The van der Waals surface area contributed by atoms with E-state index in [1.165, 1.54) is 21.7 Å². The number of hydrogen-bond donors (Lipinski definition) is 1. The Balaban J connectivity index is 1.76. The maximum atomic E-state index is 14.7. The zero-order chi connectivity index (χ0) is 39.8. The number of ether oxygens (including phenoxy) is 1. The monoisotopic (exact) mass is 870 g/mol. The number of alkyl halides is 1. The van der Waals surface area contributed by atoms with Crippen molar-refractivity contribution in [2.24, 2.45) is 5.92 Å². The van der Waals surface area contributed by atoms with E-state index >= 15 is 0 Å². The highest BCUT2D eigenvalue weighted by Gasteiger charge is 2.48. The van der Waals surface area contributed by atoms with Gasteiger partial charge in [-0.05, 0) is 31.7 Å². The molecule has 1 aliphatic carbocycles. The van der Waals surface area contributed by atoms with Gasteiger partial charge in [-0.15, -0.1) is 0 Å². The molecule has 0 bridgehead atoms. The van der Waals surface area contributed by atoms with Crippen LogP contribution in [0.2, 0.25) is 5.02 Å². The number of esters is 1. The molecular formula is C42H52ClIN4O6. The fraction of sp³-hybridized carbons (Fsp3) is 0.452. The zero-order valence-electron chi connectivity index (χ0n) is 32.2. The summed E-state index contributed by atoms with van der Waals surface area (Å²) in [5, 5.41) is 3.34. The Kier molecular flexibility index (Phi) is 14.7. The van der Waals surface area contributed by atoms with E-state index in [1.807, 2.05) is 110 Å². The molecule has 12 heteroatoms. The Hall–Kier alpha value is -3.97. The Morgan fingerprint density at radius 3 is 1.98 bits per heavy atom. The molecule has 1 aliphatic rings. The van der Waals surface area contributed by atoms with Gasteiger partial charge in [0.2, 0.25) is 23.6 Å². The minimum Gasteiger partial charge on any atom is -0.444 e. The van der Waals surface area contributed by atoms with Gasteiger partial charge in [0.25, 0.3) is 0 Å². The van der Waals surface area contributed by atoms with Crippen molar-refractivity contribution in [3.05, 3.63) is 106 Å². The summed E-state index contributed by atoms with van der Waals surface area (Å²) in [4.78, 5) is 74.0. The Morgan fingerprint density at radius 2 is 1.43 bits per heavy atom. The van der Waals surface area contributed by atoms with Gasteiger partial charge in [-0.3, -0.25) is 24.0 Å². The van der Waals surface area contributed by atoms with Crippen molar-refractivity contribution in [1.29, 1.82) is 0 Å². The SMILES string of the molecule is CC[C@H](C)[C@@H](C(=O)N(C)[C@@H](CC(=O)OC(c1ccccc1)(c1ccc(C)cc1)c1ccccc1Cl)C(=O)N(C)C)N(C)C(=O)C1(NC(=O)CI)CCCC1. The van der Waals surface area contributed by atoms with Crippen LogP contribution in [0.25, 0.3) is 0 Å². The van der Waals surface area contributed by atoms with Crippen LogP contribution in [-0.2, 0) is 34.3 Å². The van der Waals surface area contributed by atoms with E-state index in [0.29, 0.717) is 41.0 Å². The van der Waals surface area contributed by atoms with Gasteiger partial charge in [0.1, 0.15) is 17.6 Å². The second-order valence-electron chi connectivity index (χ2n) is 14.5. The molecule has 0 radical (unpaired) electrons. The van der Waals surface area contributed by atoms with Crippen molar-refractivity contribution in [3.8, 4) is 0 Å². The zero-order valence-corrected chi connectivity index (χ0v) is 35.1. The first-order valence-electron chi connectivity index (χ1n) is 18.3. The summed E-state index contributed by atoms with van der Waals surface area (Å²) in [5.41, 5.74) is 0.203. The molecule has 1 N–H and O–H groups in total. The van der Waals surface area contributed by atoms with Gasteiger partial charge in [0.15, 0.2) is 5.60 Å². The minimum atomic E-state index is -1.51. The van der Waals surface area contributed by atoms with Crippen LogP contribution in [0.3, 0.4) is 0 Å². The van der Waals surface area contributed by atoms with Crippen molar-refractivity contribution >= 4 is 63.8 Å². The molecule has 0 heterocycles. The number of rotatable bonds is 15. The number of nitrogens with zero attached hydrogens (tertiary/aromatic N) is 3. The number of carbonyl (C=O) groups is 5. The number of amides is 4. The summed E-state index contributed by atoms with van der Waals surface area (Å²) in [6.45, 7) is 5.77. The number of carbonyl (C=O) groups excluding carboxylic acids is 5. The molecule has 4 amide bonds. The number of halogens is 2. The molecule has 0 aliphatic heterocycles. The number of aryl methyl sites for hydroxylation is 1. The van der Waals surface area contributed by atoms with E-state index in [2.05, 4.69) is 5.32 Å². The third kappa shape index (κ3) is 9.10. The first-order valence-corrected chi connectivity index (χ1v) is 20.2. The lowest BCUT2D eigenvalue weighted by Crippen LogP contribution is -2.63. The molecule has 4 rings (SSSR count). The predicted octanol–water partition coefficient (Wildman–Crippen LogP) is 6.53. The van der Waals surface area contributed by atoms with Crippen molar-refractivity contribution in [1.82, 2.24) is 20.0 Å². The fourth-order valence-corrected chi connectivity index (χ4v) is 7.89. The molecule has 3 aromatic rings. The molecule has 290 valence electrons. The lowest BCUT2D eigenvalue weighted by Gasteiger charge is -2.41. The molecule has 1 saturated carbocycles. The molecule has 1 fully saturated rings. The summed E-state index contributed by atoms with van der Waals surface area (Å²) >= 11 is 8.85. The molecule has 4 atom stereocenters. The van der Waals surface area contributed by atoms with Crippen LogP contribution in [0, 0.1) is 12.8 Å². The average molecular weight is 871 g/mol. The fourth-order valence-electron chi connectivity index (χ4n) is 7.43. The molecule has 0 aromatic heterocycles. The van der Waals surface area contributed by atoms with Crippen molar-refractivity contribution in [2.75, 3.05) is 32.6 Å². The molecular weight excluding hydrogens is 819 g/mol. The van der Waals surface area contributed by atoms with Crippen LogP contribution in [0.5, 0.6) is 0 Å². The smallest absolute Gasteiger partial charge is 0.310 e. The highest BCUT2D eigenvalue weighted by molar-refractivity contribution is 14.1. The van der Waals surface area contributed by atoms with Crippen LogP contribution >= 0.6 is 34.2 Å². The first kappa shape index (κ1) is 42.8. The summed E-state index contributed by atoms with van der Waals surface area (Å²) in [6.07, 6.45) is 2.55. The largest absolute Gasteiger partial charge is 0.444 e. The molecule has 0 spiro atoms. The minimum absolute atomic E-state index is 0.198. The van der Waals surface area contributed by atoms with E-state index in [1.54, 1.807) is 33.3 Å². The van der Waals surface area contributed by atoms with Crippen LogP contribution < -0.4 is 5.32 Å². The Morgan fingerprint density at radius 1 is 0.852 bits per heavy atom. The number of likely N-dealkylation sites (N-methyl/N-ethyl adjacent to an activating group) is 3. The molecule has 10 nitrogen and oxygen atoms in total. The van der Waals surface area contributed by atoms with E-state index in [-0.39, 0.29) is 22.2 Å². The molecule has 0 saturated heterocycles. The summed E-state index contributed by atoms with van der Waals surface area (Å²) in [7, 11) is 6.18. The van der Waals surface area contributed by atoms with Crippen molar-refractivity contribution in [2.45, 2.75) is 82.5 Å². The first-order chi connectivity index (χ1) is 25.6. The Labute approximate surface area is 338 Å². The lowest BCUT2D eigenvalue weighted by atomic mass is 9.79. The maximum absolute atomic E-state index is 14.7. The van der Waals surface area contributed by atoms with Crippen LogP contribution in [-0.4, -0.2) is 94.5 Å². The maximum Gasteiger partial charge on any atom is 0.310 e. The quantitative estimate of drug-likeness (QED) is 0.0805. The number of hydrogen-bond acceptors (Lipinski definition) is 6. The molecule has 54 heavy (non-hydrogen) atoms. The average Bonchev–Trinajstić information content (AvgIpc) is 3.65. The van der Waals surface area contributed by atoms with Crippen LogP contribution in [0.1, 0.15) is 74.6 Å².